The number of piperidine rings is 1. The molecule has 1 aliphatic rings. The van der Waals surface area contributed by atoms with E-state index < -0.39 is 0 Å². The zero-order chi connectivity index (χ0) is 17.7. The third kappa shape index (κ3) is 4.10. The van der Waals surface area contributed by atoms with Crippen LogP contribution < -0.4 is 10.6 Å². The van der Waals surface area contributed by atoms with Crippen LogP contribution in [0.15, 0.2) is 54.6 Å². The van der Waals surface area contributed by atoms with Crippen LogP contribution >= 0.6 is 0 Å². The Bertz CT molecular complexity index is 703. The van der Waals surface area contributed by atoms with Gasteiger partial charge in [0.15, 0.2) is 0 Å². The van der Waals surface area contributed by atoms with Crippen LogP contribution in [-0.2, 0) is 11.2 Å². The fraction of sp³-hybridized carbons (Fsp3) is 0.409. The SMILES string of the molecule is CC(C)NC(=O)C1(Cc2ccccc2-c2ccccc2)CCNCC1. The molecule has 0 aromatic heterocycles. The molecule has 0 atom stereocenters. The number of carbonyl (C=O) groups is 1. The Labute approximate surface area is 150 Å². The highest BCUT2D eigenvalue weighted by Crippen LogP contribution is 2.36. The van der Waals surface area contributed by atoms with E-state index in [2.05, 4.69) is 59.2 Å². The second-order valence-electron chi connectivity index (χ2n) is 7.36. The molecule has 3 nitrogen and oxygen atoms in total. The third-order valence-corrected chi connectivity index (χ3v) is 5.09. The molecule has 3 heteroatoms. The maximum Gasteiger partial charge on any atom is 0.226 e. The van der Waals surface area contributed by atoms with Crippen molar-refractivity contribution >= 4 is 5.91 Å². The molecule has 3 rings (SSSR count). The van der Waals surface area contributed by atoms with Gasteiger partial charge in [-0.1, -0.05) is 54.6 Å². The molecular formula is C22H28N2O. The number of benzene rings is 2. The lowest BCUT2D eigenvalue weighted by Crippen LogP contribution is -2.50. The average molecular weight is 336 g/mol. The largest absolute Gasteiger partial charge is 0.353 e. The molecule has 0 unspecified atom stereocenters. The van der Waals surface area contributed by atoms with E-state index in [1.807, 2.05) is 19.9 Å². The molecule has 0 radical (unpaired) electrons. The van der Waals surface area contributed by atoms with E-state index in [1.165, 1.54) is 16.7 Å². The van der Waals surface area contributed by atoms with E-state index in [4.69, 9.17) is 0 Å². The molecule has 0 aliphatic carbocycles. The minimum Gasteiger partial charge on any atom is -0.353 e. The minimum atomic E-state index is -0.319. The van der Waals surface area contributed by atoms with Gasteiger partial charge in [0.1, 0.15) is 0 Å². The Hall–Kier alpha value is -2.13. The second-order valence-corrected chi connectivity index (χ2v) is 7.36. The van der Waals surface area contributed by atoms with Crippen LogP contribution in [0, 0.1) is 5.41 Å². The van der Waals surface area contributed by atoms with Crippen molar-refractivity contribution in [2.75, 3.05) is 13.1 Å². The summed E-state index contributed by atoms with van der Waals surface area (Å²) in [6.07, 6.45) is 2.56. The van der Waals surface area contributed by atoms with Crippen molar-refractivity contribution in [2.45, 2.75) is 39.2 Å². The van der Waals surface area contributed by atoms with Crippen molar-refractivity contribution in [1.29, 1.82) is 0 Å². The summed E-state index contributed by atoms with van der Waals surface area (Å²) in [6.45, 7) is 5.87. The molecular weight excluding hydrogens is 308 g/mol. The number of nitrogens with one attached hydrogen (secondary N) is 2. The van der Waals surface area contributed by atoms with Crippen LogP contribution in [0.2, 0.25) is 0 Å². The van der Waals surface area contributed by atoms with Crippen LogP contribution in [0.5, 0.6) is 0 Å². The number of rotatable bonds is 5. The number of hydrogen-bond donors (Lipinski definition) is 2. The average Bonchev–Trinajstić information content (AvgIpc) is 2.63. The monoisotopic (exact) mass is 336 g/mol. The van der Waals surface area contributed by atoms with Crippen molar-refractivity contribution < 1.29 is 4.79 Å². The zero-order valence-corrected chi connectivity index (χ0v) is 15.2. The maximum atomic E-state index is 13.0. The minimum absolute atomic E-state index is 0.170. The van der Waals surface area contributed by atoms with E-state index in [1.54, 1.807) is 0 Å². The molecule has 1 heterocycles. The number of hydrogen-bond acceptors (Lipinski definition) is 2. The normalized spacial score (nSPS) is 16.6. The molecule has 1 amide bonds. The summed E-state index contributed by atoms with van der Waals surface area (Å²) in [4.78, 5) is 13.0. The fourth-order valence-corrected chi connectivity index (χ4v) is 3.74. The van der Waals surface area contributed by atoms with Gasteiger partial charge in [0, 0.05) is 6.04 Å². The maximum absolute atomic E-state index is 13.0. The lowest BCUT2D eigenvalue weighted by molar-refractivity contribution is -0.133. The van der Waals surface area contributed by atoms with E-state index in [0.29, 0.717) is 0 Å². The fourth-order valence-electron chi connectivity index (χ4n) is 3.74. The van der Waals surface area contributed by atoms with E-state index in [-0.39, 0.29) is 17.4 Å². The van der Waals surface area contributed by atoms with Crippen LogP contribution in [0.25, 0.3) is 11.1 Å². The van der Waals surface area contributed by atoms with Crippen LogP contribution in [0.3, 0.4) is 0 Å². The van der Waals surface area contributed by atoms with E-state index in [0.717, 1.165) is 32.4 Å². The number of carbonyl (C=O) groups excluding carboxylic acids is 1. The van der Waals surface area contributed by atoms with Gasteiger partial charge in [-0.05, 0) is 62.9 Å². The summed E-state index contributed by atoms with van der Waals surface area (Å²) in [5, 5.41) is 6.57. The molecule has 1 saturated heterocycles. The summed E-state index contributed by atoms with van der Waals surface area (Å²) in [7, 11) is 0. The summed E-state index contributed by atoms with van der Waals surface area (Å²) < 4.78 is 0. The van der Waals surface area contributed by atoms with Crippen LogP contribution in [0.4, 0.5) is 0 Å². The number of amides is 1. The van der Waals surface area contributed by atoms with Gasteiger partial charge in [-0.3, -0.25) is 4.79 Å². The van der Waals surface area contributed by atoms with Gasteiger partial charge < -0.3 is 10.6 Å². The van der Waals surface area contributed by atoms with Crippen molar-refractivity contribution in [3.63, 3.8) is 0 Å². The van der Waals surface area contributed by atoms with Gasteiger partial charge >= 0.3 is 0 Å². The van der Waals surface area contributed by atoms with Crippen LogP contribution in [-0.4, -0.2) is 25.0 Å². The molecule has 2 N–H and O–H groups in total. The molecule has 2 aromatic carbocycles. The molecule has 1 aliphatic heterocycles. The molecule has 0 saturated carbocycles. The summed E-state index contributed by atoms with van der Waals surface area (Å²) in [5.41, 5.74) is 3.39. The summed E-state index contributed by atoms with van der Waals surface area (Å²) in [5.74, 6) is 0.201. The predicted molar refractivity (Wildman–Crippen MR) is 103 cm³/mol. The smallest absolute Gasteiger partial charge is 0.226 e. The lowest BCUT2D eigenvalue weighted by Gasteiger charge is -2.37. The van der Waals surface area contributed by atoms with Crippen LogP contribution in [0.1, 0.15) is 32.3 Å². The Balaban J connectivity index is 1.94. The first-order valence-electron chi connectivity index (χ1n) is 9.26. The van der Waals surface area contributed by atoms with Gasteiger partial charge in [-0.25, -0.2) is 0 Å². The molecule has 1 fully saturated rings. The Kier molecular flexibility index (Phi) is 5.54. The van der Waals surface area contributed by atoms with E-state index in [9.17, 15) is 4.79 Å². The summed E-state index contributed by atoms with van der Waals surface area (Å²) >= 11 is 0. The van der Waals surface area contributed by atoms with E-state index >= 15 is 0 Å². The molecule has 0 spiro atoms. The van der Waals surface area contributed by atoms with Gasteiger partial charge in [-0.15, -0.1) is 0 Å². The van der Waals surface area contributed by atoms with Gasteiger partial charge in [-0.2, -0.15) is 0 Å². The zero-order valence-electron chi connectivity index (χ0n) is 15.2. The molecule has 2 aromatic rings. The molecule has 0 bridgehead atoms. The first-order valence-corrected chi connectivity index (χ1v) is 9.26. The topological polar surface area (TPSA) is 41.1 Å². The third-order valence-electron chi connectivity index (χ3n) is 5.09. The first-order chi connectivity index (χ1) is 12.1. The second kappa shape index (κ2) is 7.83. The highest BCUT2D eigenvalue weighted by molar-refractivity contribution is 5.84. The Morgan fingerprint density at radius 3 is 2.36 bits per heavy atom. The predicted octanol–water partition coefficient (Wildman–Crippen LogP) is 3.79. The quantitative estimate of drug-likeness (QED) is 0.872. The van der Waals surface area contributed by atoms with Crippen molar-refractivity contribution in [2.24, 2.45) is 5.41 Å². The van der Waals surface area contributed by atoms with Crippen molar-refractivity contribution in [3.8, 4) is 11.1 Å². The Morgan fingerprint density at radius 2 is 1.68 bits per heavy atom. The van der Waals surface area contributed by atoms with Crippen molar-refractivity contribution in [3.05, 3.63) is 60.2 Å². The van der Waals surface area contributed by atoms with Gasteiger partial charge in [0.05, 0.1) is 5.41 Å². The highest BCUT2D eigenvalue weighted by atomic mass is 16.2. The lowest BCUT2D eigenvalue weighted by atomic mass is 9.72. The first kappa shape index (κ1) is 17.7. The molecule has 132 valence electrons. The standard InChI is InChI=1S/C22H28N2O/c1-17(2)24-21(25)22(12-14-23-15-13-22)16-19-10-6-7-11-20(19)18-8-4-3-5-9-18/h3-11,17,23H,12-16H2,1-2H3,(H,24,25). The summed E-state index contributed by atoms with van der Waals surface area (Å²) in [6, 6.07) is 19.1. The highest BCUT2D eigenvalue weighted by Gasteiger charge is 2.40. The van der Waals surface area contributed by atoms with Crippen molar-refractivity contribution in [1.82, 2.24) is 10.6 Å². The van der Waals surface area contributed by atoms with Gasteiger partial charge in [0.25, 0.3) is 0 Å². The van der Waals surface area contributed by atoms with Gasteiger partial charge in [0.2, 0.25) is 5.91 Å². The Morgan fingerprint density at radius 1 is 1.04 bits per heavy atom. The molecule has 25 heavy (non-hydrogen) atoms.